The Kier molecular flexibility index (Phi) is 5.73. The molecule has 26 heavy (non-hydrogen) atoms. The van der Waals surface area contributed by atoms with Gasteiger partial charge in [-0.05, 0) is 37.5 Å². The van der Waals surface area contributed by atoms with E-state index >= 15 is 0 Å². The third-order valence-corrected chi connectivity index (χ3v) is 5.78. The van der Waals surface area contributed by atoms with Crippen molar-refractivity contribution in [3.8, 4) is 0 Å². The van der Waals surface area contributed by atoms with Crippen LogP contribution in [0.3, 0.4) is 0 Å². The molecule has 0 spiro atoms. The largest absolute Gasteiger partial charge is 0.297 e. The van der Waals surface area contributed by atoms with Gasteiger partial charge >= 0.3 is 0 Å². The molecule has 1 amide bonds. The van der Waals surface area contributed by atoms with Crippen LogP contribution in [-0.4, -0.2) is 15.9 Å². The van der Waals surface area contributed by atoms with Crippen LogP contribution >= 0.6 is 22.7 Å². The second kappa shape index (κ2) is 8.01. The van der Waals surface area contributed by atoms with Crippen LogP contribution in [0, 0.1) is 18.6 Å². The fourth-order valence-electron chi connectivity index (χ4n) is 2.44. The topological polar surface area (TPSA) is 54.9 Å². The highest BCUT2D eigenvalue weighted by Crippen LogP contribution is 2.25. The van der Waals surface area contributed by atoms with E-state index in [1.54, 1.807) is 6.20 Å². The predicted molar refractivity (Wildman–Crippen MR) is 100 cm³/mol. The van der Waals surface area contributed by atoms with Gasteiger partial charge in [-0.25, -0.2) is 18.7 Å². The van der Waals surface area contributed by atoms with Gasteiger partial charge in [0.2, 0.25) is 0 Å². The summed E-state index contributed by atoms with van der Waals surface area (Å²) in [7, 11) is 0. The van der Waals surface area contributed by atoms with Crippen LogP contribution in [0.15, 0.2) is 24.4 Å². The van der Waals surface area contributed by atoms with Crippen molar-refractivity contribution in [3.05, 3.63) is 62.0 Å². The molecule has 0 bridgehead atoms. The normalized spacial score (nSPS) is 10.9. The van der Waals surface area contributed by atoms with E-state index in [0.29, 0.717) is 22.0 Å². The summed E-state index contributed by atoms with van der Waals surface area (Å²) in [5, 5.41) is 4.21. The summed E-state index contributed by atoms with van der Waals surface area (Å²) in [6.45, 7) is 3.89. The van der Waals surface area contributed by atoms with Gasteiger partial charge in [0, 0.05) is 17.5 Å². The maximum absolute atomic E-state index is 13.3. The zero-order chi connectivity index (χ0) is 18.7. The highest BCUT2D eigenvalue weighted by Gasteiger charge is 2.16. The average molecular weight is 393 g/mol. The van der Waals surface area contributed by atoms with Gasteiger partial charge in [-0.1, -0.05) is 13.0 Å². The number of nitrogens with one attached hydrogen (secondary N) is 1. The third kappa shape index (κ3) is 4.31. The lowest BCUT2D eigenvalue weighted by atomic mass is 10.1. The Morgan fingerprint density at radius 3 is 2.77 bits per heavy atom. The van der Waals surface area contributed by atoms with Crippen LogP contribution in [0.2, 0.25) is 0 Å². The molecule has 8 heteroatoms. The molecule has 0 radical (unpaired) electrons. The van der Waals surface area contributed by atoms with E-state index in [0.717, 1.165) is 34.5 Å². The number of hydrogen-bond donors (Lipinski definition) is 1. The number of halogens is 2. The summed E-state index contributed by atoms with van der Waals surface area (Å²) >= 11 is 2.71. The first-order chi connectivity index (χ1) is 12.5. The Balaban J connectivity index is 1.68. The molecule has 1 N–H and O–H groups in total. The number of hydrogen-bond acceptors (Lipinski definition) is 5. The summed E-state index contributed by atoms with van der Waals surface area (Å²) in [6, 6.07) is 3.81. The van der Waals surface area contributed by atoms with Crippen LogP contribution in [0.5, 0.6) is 0 Å². The van der Waals surface area contributed by atoms with Crippen molar-refractivity contribution in [3.63, 3.8) is 0 Å². The zero-order valence-electron chi connectivity index (χ0n) is 14.3. The minimum absolute atomic E-state index is 0.226. The maximum atomic E-state index is 13.3. The first kappa shape index (κ1) is 18.6. The zero-order valence-corrected chi connectivity index (χ0v) is 15.9. The molecule has 3 aromatic rings. The summed E-state index contributed by atoms with van der Waals surface area (Å²) in [6.07, 6.45) is 3.89. The molecule has 0 aliphatic rings. The molecule has 0 fully saturated rings. The SMILES string of the molecule is CCCc1nc(C)c(C(=O)Nc2ncc(Cc3ccc(F)c(F)c3)s2)s1. The van der Waals surface area contributed by atoms with E-state index in [2.05, 4.69) is 22.2 Å². The Bertz CT molecular complexity index is 936. The minimum atomic E-state index is -0.871. The summed E-state index contributed by atoms with van der Waals surface area (Å²) in [5.41, 5.74) is 1.36. The molecule has 0 aliphatic heterocycles. The van der Waals surface area contributed by atoms with Crippen molar-refractivity contribution in [2.45, 2.75) is 33.1 Å². The van der Waals surface area contributed by atoms with Gasteiger partial charge in [-0.2, -0.15) is 0 Å². The Morgan fingerprint density at radius 1 is 1.23 bits per heavy atom. The number of rotatable bonds is 6. The molecule has 0 aliphatic carbocycles. The van der Waals surface area contributed by atoms with E-state index in [9.17, 15) is 13.6 Å². The lowest BCUT2D eigenvalue weighted by Gasteiger charge is -2.00. The first-order valence-electron chi connectivity index (χ1n) is 8.12. The fourth-order valence-corrected chi connectivity index (χ4v) is 4.34. The molecule has 0 atom stereocenters. The Labute approximate surface area is 157 Å². The van der Waals surface area contributed by atoms with Crippen molar-refractivity contribution in [1.82, 2.24) is 9.97 Å². The number of thiazole rings is 2. The van der Waals surface area contributed by atoms with Gasteiger partial charge in [0.1, 0.15) is 4.88 Å². The quantitative estimate of drug-likeness (QED) is 0.642. The van der Waals surface area contributed by atoms with E-state index < -0.39 is 11.6 Å². The lowest BCUT2D eigenvalue weighted by molar-refractivity contribution is 0.103. The minimum Gasteiger partial charge on any atom is -0.297 e. The molecule has 136 valence electrons. The lowest BCUT2D eigenvalue weighted by Crippen LogP contribution is -2.11. The highest BCUT2D eigenvalue weighted by atomic mass is 32.1. The van der Waals surface area contributed by atoms with Gasteiger partial charge < -0.3 is 0 Å². The molecule has 0 saturated heterocycles. The first-order valence-corrected chi connectivity index (χ1v) is 9.76. The Hall–Kier alpha value is -2.19. The number of anilines is 1. The monoisotopic (exact) mass is 393 g/mol. The molecular weight excluding hydrogens is 376 g/mol. The standard InChI is InChI=1S/C18H17F2N3OS2/c1-3-4-15-22-10(2)16(26-15)17(24)23-18-21-9-12(25-18)7-11-5-6-13(19)14(20)8-11/h5-6,8-9H,3-4,7H2,1-2H3,(H,21,23,24). The number of aromatic nitrogens is 2. The molecular formula is C18H17F2N3OS2. The molecule has 0 saturated carbocycles. The molecule has 4 nitrogen and oxygen atoms in total. The third-order valence-electron chi connectivity index (χ3n) is 3.65. The van der Waals surface area contributed by atoms with E-state index in [4.69, 9.17) is 0 Å². The van der Waals surface area contributed by atoms with Gasteiger partial charge in [-0.15, -0.1) is 22.7 Å². The van der Waals surface area contributed by atoms with Crippen LogP contribution in [0.1, 0.15) is 44.2 Å². The van der Waals surface area contributed by atoms with Crippen LogP contribution < -0.4 is 5.32 Å². The number of aryl methyl sites for hydroxylation is 2. The number of amides is 1. The number of nitrogens with zero attached hydrogens (tertiary/aromatic N) is 2. The van der Waals surface area contributed by atoms with Crippen LogP contribution in [0.25, 0.3) is 0 Å². The van der Waals surface area contributed by atoms with Gasteiger partial charge in [0.15, 0.2) is 16.8 Å². The van der Waals surface area contributed by atoms with E-state index in [1.165, 1.54) is 34.8 Å². The summed E-state index contributed by atoms with van der Waals surface area (Å²) in [4.78, 5) is 22.5. The molecule has 2 heterocycles. The van der Waals surface area contributed by atoms with Gasteiger partial charge in [0.05, 0.1) is 10.7 Å². The van der Waals surface area contributed by atoms with Gasteiger partial charge in [-0.3, -0.25) is 10.1 Å². The number of benzene rings is 1. The van der Waals surface area contributed by atoms with E-state index in [1.807, 2.05) is 6.92 Å². The van der Waals surface area contributed by atoms with Crippen molar-refractivity contribution in [2.24, 2.45) is 0 Å². The van der Waals surface area contributed by atoms with Crippen molar-refractivity contribution >= 4 is 33.7 Å². The van der Waals surface area contributed by atoms with E-state index in [-0.39, 0.29) is 5.91 Å². The number of carbonyl (C=O) groups excluding carboxylic acids is 1. The fraction of sp³-hybridized carbons (Fsp3) is 0.278. The summed E-state index contributed by atoms with van der Waals surface area (Å²) in [5.74, 6) is -1.96. The average Bonchev–Trinajstić information content (AvgIpc) is 3.18. The highest BCUT2D eigenvalue weighted by molar-refractivity contribution is 7.16. The number of carbonyl (C=O) groups is 1. The van der Waals surface area contributed by atoms with Crippen LogP contribution in [0.4, 0.5) is 13.9 Å². The van der Waals surface area contributed by atoms with Crippen LogP contribution in [-0.2, 0) is 12.8 Å². The molecule has 0 unspecified atom stereocenters. The smallest absolute Gasteiger partial charge is 0.269 e. The molecule has 1 aromatic carbocycles. The van der Waals surface area contributed by atoms with Gasteiger partial charge in [0.25, 0.3) is 5.91 Å². The summed E-state index contributed by atoms with van der Waals surface area (Å²) < 4.78 is 26.3. The molecule has 2 aromatic heterocycles. The van der Waals surface area contributed by atoms with Crippen molar-refractivity contribution in [2.75, 3.05) is 5.32 Å². The predicted octanol–water partition coefficient (Wildman–Crippen LogP) is 4.98. The molecule has 3 rings (SSSR count). The maximum Gasteiger partial charge on any atom is 0.269 e. The second-order valence-electron chi connectivity index (χ2n) is 5.78. The second-order valence-corrected chi connectivity index (χ2v) is 7.98. The van der Waals surface area contributed by atoms with Crippen molar-refractivity contribution < 1.29 is 13.6 Å². The van der Waals surface area contributed by atoms with Crippen molar-refractivity contribution in [1.29, 1.82) is 0 Å². The Morgan fingerprint density at radius 2 is 2.04 bits per heavy atom.